The average molecular weight is 396 g/mol. The molecule has 0 radical (unpaired) electrons. The number of carbonyl (C=O) groups excluding carboxylic acids is 2. The molecular formula is C24H20N4O2. The van der Waals surface area contributed by atoms with E-state index in [0.717, 1.165) is 22.2 Å². The summed E-state index contributed by atoms with van der Waals surface area (Å²) in [4.78, 5) is 33.9. The SMILES string of the molecule is Cc1cccc(NC(=O)c2cc(C(=O)Nc3cccc4cccnc34)ccn2)c1C. The van der Waals surface area contributed by atoms with Gasteiger partial charge in [-0.1, -0.05) is 30.3 Å². The lowest BCUT2D eigenvalue weighted by molar-refractivity contribution is 0.102. The van der Waals surface area contributed by atoms with Gasteiger partial charge in [0.1, 0.15) is 5.69 Å². The molecule has 0 unspecified atom stereocenters. The zero-order chi connectivity index (χ0) is 21.1. The fourth-order valence-electron chi connectivity index (χ4n) is 3.17. The van der Waals surface area contributed by atoms with Gasteiger partial charge in [-0.2, -0.15) is 0 Å². The number of fused-ring (bicyclic) bond motifs is 1. The Morgan fingerprint density at radius 2 is 1.50 bits per heavy atom. The lowest BCUT2D eigenvalue weighted by Gasteiger charge is -2.11. The first kappa shape index (κ1) is 19.3. The molecule has 4 rings (SSSR count). The predicted molar refractivity (Wildman–Crippen MR) is 118 cm³/mol. The van der Waals surface area contributed by atoms with Crippen molar-refractivity contribution in [3.05, 3.63) is 95.4 Å². The minimum atomic E-state index is -0.370. The van der Waals surface area contributed by atoms with E-state index in [1.807, 2.05) is 56.3 Å². The van der Waals surface area contributed by atoms with Gasteiger partial charge in [0.05, 0.1) is 11.2 Å². The summed E-state index contributed by atoms with van der Waals surface area (Å²) >= 11 is 0. The molecule has 2 aromatic carbocycles. The number of carbonyl (C=O) groups is 2. The zero-order valence-electron chi connectivity index (χ0n) is 16.6. The maximum absolute atomic E-state index is 12.8. The number of hydrogen-bond acceptors (Lipinski definition) is 4. The molecule has 0 saturated carbocycles. The van der Waals surface area contributed by atoms with Crippen LogP contribution in [0.15, 0.2) is 73.1 Å². The number of aryl methyl sites for hydroxylation is 1. The fraction of sp³-hybridized carbons (Fsp3) is 0.0833. The highest BCUT2D eigenvalue weighted by molar-refractivity contribution is 6.10. The van der Waals surface area contributed by atoms with Crippen LogP contribution in [0.25, 0.3) is 10.9 Å². The Morgan fingerprint density at radius 3 is 2.37 bits per heavy atom. The maximum Gasteiger partial charge on any atom is 0.274 e. The molecule has 0 saturated heterocycles. The van der Waals surface area contributed by atoms with Gasteiger partial charge < -0.3 is 10.6 Å². The standard InChI is InChI=1S/C24H20N4O2/c1-15-6-3-9-19(16(15)2)27-24(30)21-14-18(11-13-25-21)23(29)28-20-10-4-7-17-8-5-12-26-22(17)20/h3-14H,1-2H3,(H,27,30)(H,28,29). The van der Waals surface area contributed by atoms with E-state index in [-0.39, 0.29) is 17.5 Å². The summed E-state index contributed by atoms with van der Waals surface area (Å²) in [7, 11) is 0. The third-order valence-electron chi connectivity index (χ3n) is 4.99. The molecular weight excluding hydrogens is 376 g/mol. The van der Waals surface area contributed by atoms with Crippen LogP contribution in [0, 0.1) is 13.8 Å². The van der Waals surface area contributed by atoms with E-state index in [2.05, 4.69) is 20.6 Å². The lowest BCUT2D eigenvalue weighted by atomic mass is 10.1. The first-order valence-electron chi connectivity index (χ1n) is 9.51. The smallest absolute Gasteiger partial charge is 0.274 e. The van der Waals surface area contributed by atoms with Gasteiger partial charge in [0.15, 0.2) is 0 Å². The summed E-state index contributed by atoms with van der Waals surface area (Å²) < 4.78 is 0. The number of hydrogen-bond donors (Lipinski definition) is 2. The van der Waals surface area contributed by atoms with Gasteiger partial charge in [-0.05, 0) is 55.3 Å². The molecule has 4 aromatic rings. The van der Waals surface area contributed by atoms with Crippen molar-refractivity contribution in [1.29, 1.82) is 0 Å². The molecule has 0 atom stereocenters. The molecule has 2 amide bonds. The number of aromatic nitrogens is 2. The number of para-hydroxylation sites is 1. The molecule has 0 aliphatic carbocycles. The van der Waals surface area contributed by atoms with E-state index in [1.165, 1.54) is 12.3 Å². The maximum atomic E-state index is 12.8. The summed E-state index contributed by atoms with van der Waals surface area (Å²) in [5.41, 5.74) is 4.61. The van der Waals surface area contributed by atoms with Crippen molar-refractivity contribution in [1.82, 2.24) is 9.97 Å². The number of rotatable bonds is 4. The molecule has 0 aliphatic rings. The van der Waals surface area contributed by atoms with E-state index in [9.17, 15) is 9.59 Å². The normalized spacial score (nSPS) is 10.6. The third kappa shape index (κ3) is 3.89. The van der Waals surface area contributed by atoms with Crippen molar-refractivity contribution in [3.63, 3.8) is 0 Å². The highest BCUT2D eigenvalue weighted by Gasteiger charge is 2.14. The number of pyridine rings is 2. The molecule has 2 N–H and O–H groups in total. The molecule has 6 nitrogen and oxygen atoms in total. The number of anilines is 2. The Kier molecular flexibility index (Phi) is 5.22. The minimum absolute atomic E-state index is 0.166. The molecule has 2 aromatic heterocycles. The van der Waals surface area contributed by atoms with Gasteiger partial charge in [-0.25, -0.2) is 0 Å². The second kappa shape index (κ2) is 8.13. The van der Waals surface area contributed by atoms with E-state index < -0.39 is 0 Å². The van der Waals surface area contributed by atoms with Crippen molar-refractivity contribution in [2.24, 2.45) is 0 Å². The number of benzene rings is 2. The second-order valence-electron chi connectivity index (χ2n) is 6.97. The molecule has 0 fully saturated rings. The largest absolute Gasteiger partial charge is 0.320 e. The van der Waals surface area contributed by atoms with Gasteiger partial charge in [0.25, 0.3) is 11.8 Å². The van der Waals surface area contributed by atoms with Gasteiger partial charge in [0.2, 0.25) is 0 Å². The van der Waals surface area contributed by atoms with Crippen molar-refractivity contribution < 1.29 is 9.59 Å². The Labute approximate surface area is 174 Å². The second-order valence-corrected chi connectivity index (χ2v) is 6.97. The topological polar surface area (TPSA) is 84.0 Å². The first-order valence-corrected chi connectivity index (χ1v) is 9.51. The summed E-state index contributed by atoms with van der Waals surface area (Å²) in [6, 6.07) is 18.1. The molecule has 2 heterocycles. The minimum Gasteiger partial charge on any atom is -0.320 e. The summed E-state index contributed by atoms with van der Waals surface area (Å²) in [5.74, 6) is -0.707. The number of nitrogens with zero attached hydrogens (tertiary/aromatic N) is 2. The Balaban J connectivity index is 1.56. The Bertz CT molecular complexity index is 1260. The van der Waals surface area contributed by atoms with Crippen molar-refractivity contribution in [2.75, 3.05) is 10.6 Å². The van der Waals surface area contributed by atoms with Gasteiger partial charge >= 0.3 is 0 Å². The number of amides is 2. The summed E-state index contributed by atoms with van der Waals surface area (Å²) in [6.07, 6.45) is 3.13. The van der Waals surface area contributed by atoms with Crippen molar-refractivity contribution in [2.45, 2.75) is 13.8 Å². The van der Waals surface area contributed by atoms with Crippen LogP contribution in [0.4, 0.5) is 11.4 Å². The van der Waals surface area contributed by atoms with Crippen LogP contribution in [0.2, 0.25) is 0 Å². The van der Waals surface area contributed by atoms with Crippen LogP contribution < -0.4 is 10.6 Å². The zero-order valence-corrected chi connectivity index (χ0v) is 16.6. The van der Waals surface area contributed by atoms with Crippen molar-refractivity contribution in [3.8, 4) is 0 Å². The molecule has 0 spiro atoms. The highest BCUT2D eigenvalue weighted by atomic mass is 16.2. The lowest BCUT2D eigenvalue weighted by Crippen LogP contribution is -2.17. The monoisotopic (exact) mass is 396 g/mol. The molecule has 148 valence electrons. The van der Waals surface area contributed by atoms with Crippen LogP contribution in [-0.4, -0.2) is 21.8 Å². The Hall–Kier alpha value is -4.06. The first-order chi connectivity index (χ1) is 14.5. The quantitative estimate of drug-likeness (QED) is 0.521. The number of nitrogens with one attached hydrogen (secondary N) is 2. The fourth-order valence-corrected chi connectivity index (χ4v) is 3.17. The summed E-state index contributed by atoms with van der Waals surface area (Å²) in [5, 5.41) is 6.67. The van der Waals surface area contributed by atoms with Gasteiger partial charge in [-0.3, -0.25) is 19.6 Å². The average Bonchev–Trinajstić information content (AvgIpc) is 2.77. The van der Waals surface area contributed by atoms with Crippen molar-refractivity contribution >= 4 is 34.1 Å². The molecule has 6 heteroatoms. The predicted octanol–water partition coefficient (Wildman–Crippen LogP) is 4.75. The van der Waals surface area contributed by atoms with Crippen LogP contribution in [0.3, 0.4) is 0 Å². The van der Waals surface area contributed by atoms with E-state index >= 15 is 0 Å². The van der Waals surface area contributed by atoms with Gasteiger partial charge in [-0.15, -0.1) is 0 Å². The van der Waals surface area contributed by atoms with E-state index in [4.69, 9.17) is 0 Å². The molecule has 30 heavy (non-hydrogen) atoms. The third-order valence-corrected chi connectivity index (χ3v) is 4.99. The molecule has 0 aliphatic heterocycles. The Morgan fingerprint density at radius 1 is 0.767 bits per heavy atom. The highest BCUT2D eigenvalue weighted by Crippen LogP contribution is 2.22. The van der Waals surface area contributed by atoms with E-state index in [1.54, 1.807) is 18.3 Å². The summed E-state index contributed by atoms with van der Waals surface area (Å²) in [6.45, 7) is 3.93. The van der Waals surface area contributed by atoms with Gasteiger partial charge in [0, 0.05) is 29.0 Å². The van der Waals surface area contributed by atoms with Crippen LogP contribution in [0.1, 0.15) is 32.0 Å². The van der Waals surface area contributed by atoms with Crippen LogP contribution in [0.5, 0.6) is 0 Å². The van der Waals surface area contributed by atoms with E-state index in [0.29, 0.717) is 16.8 Å². The molecule has 0 bridgehead atoms. The van der Waals surface area contributed by atoms with Crippen LogP contribution >= 0.6 is 0 Å². The van der Waals surface area contributed by atoms with Crippen LogP contribution in [-0.2, 0) is 0 Å².